The summed E-state index contributed by atoms with van der Waals surface area (Å²) >= 11 is 0. The van der Waals surface area contributed by atoms with Gasteiger partial charge in [0.15, 0.2) is 11.6 Å². The summed E-state index contributed by atoms with van der Waals surface area (Å²) < 4.78 is 15.1. The summed E-state index contributed by atoms with van der Waals surface area (Å²) in [6, 6.07) is 2.24. The number of fused-ring (bicyclic) bond motifs is 1. The maximum Gasteiger partial charge on any atom is 0.273 e. The molecule has 1 heterocycles. The lowest BCUT2D eigenvalue weighted by Crippen LogP contribution is -2.09. The first-order valence-electron chi connectivity index (χ1n) is 4.89. The Labute approximate surface area is 96.4 Å². The Bertz CT molecular complexity index is 606. The molecular formula is C10H11FN4O2. The van der Waals surface area contributed by atoms with E-state index in [2.05, 4.69) is 5.10 Å². The number of anilines is 1. The van der Waals surface area contributed by atoms with Gasteiger partial charge in [0.2, 0.25) is 0 Å². The monoisotopic (exact) mass is 238 g/mol. The molecule has 1 aromatic heterocycles. The number of nitrogens with zero attached hydrogens (tertiary/aromatic N) is 4. The van der Waals surface area contributed by atoms with Crippen molar-refractivity contribution in [3.05, 3.63) is 28.1 Å². The third kappa shape index (κ3) is 1.69. The molecule has 0 aliphatic carbocycles. The summed E-state index contributed by atoms with van der Waals surface area (Å²) in [5.41, 5.74) is -0.00889. The van der Waals surface area contributed by atoms with Gasteiger partial charge in [0, 0.05) is 27.2 Å². The van der Waals surface area contributed by atoms with Crippen LogP contribution in [0.25, 0.3) is 10.9 Å². The molecule has 17 heavy (non-hydrogen) atoms. The molecule has 0 spiro atoms. The van der Waals surface area contributed by atoms with Crippen molar-refractivity contribution in [2.24, 2.45) is 7.05 Å². The van der Waals surface area contributed by atoms with Gasteiger partial charge in [-0.15, -0.1) is 0 Å². The third-order valence-corrected chi connectivity index (χ3v) is 2.49. The van der Waals surface area contributed by atoms with Gasteiger partial charge in [-0.2, -0.15) is 5.10 Å². The Kier molecular flexibility index (Phi) is 2.45. The van der Waals surface area contributed by atoms with Gasteiger partial charge in [-0.25, -0.2) is 4.39 Å². The number of aromatic nitrogens is 2. The molecule has 0 amide bonds. The van der Waals surface area contributed by atoms with Gasteiger partial charge in [0.1, 0.15) is 5.52 Å². The number of rotatable bonds is 2. The number of nitro benzene ring substituents is 1. The Morgan fingerprint density at radius 3 is 2.65 bits per heavy atom. The Hall–Kier alpha value is -2.18. The second kappa shape index (κ2) is 3.69. The van der Waals surface area contributed by atoms with Gasteiger partial charge in [0.25, 0.3) is 5.69 Å². The molecule has 6 nitrogen and oxygen atoms in total. The lowest BCUT2D eigenvalue weighted by Gasteiger charge is -2.07. The predicted molar refractivity (Wildman–Crippen MR) is 61.7 cm³/mol. The van der Waals surface area contributed by atoms with Crippen LogP contribution < -0.4 is 4.90 Å². The molecular weight excluding hydrogens is 227 g/mol. The second-order valence-corrected chi connectivity index (χ2v) is 3.92. The smallest absolute Gasteiger partial charge is 0.273 e. The first-order chi connectivity index (χ1) is 7.91. The van der Waals surface area contributed by atoms with Gasteiger partial charge >= 0.3 is 0 Å². The number of hydrogen-bond donors (Lipinski definition) is 0. The van der Waals surface area contributed by atoms with Crippen molar-refractivity contribution in [3.63, 3.8) is 0 Å². The highest BCUT2D eigenvalue weighted by molar-refractivity contribution is 5.92. The fourth-order valence-corrected chi connectivity index (χ4v) is 1.77. The van der Waals surface area contributed by atoms with Crippen LogP contribution in [-0.2, 0) is 7.05 Å². The van der Waals surface area contributed by atoms with Crippen molar-refractivity contribution in [2.45, 2.75) is 0 Å². The maximum absolute atomic E-state index is 13.8. The van der Waals surface area contributed by atoms with Gasteiger partial charge in [-0.05, 0) is 0 Å². The molecule has 2 rings (SSSR count). The quantitative estimate of drug-likeness (QED) is 0.590. The highest BCUT2D eigenvalue weighted by atomic mass is 19.1. The topological polar surface area (TPSA) is 64.2 Å². The van der Waals surface area contributed by atoms with Crippen LogP contribution >= 0.6 is 0 Å². The number of nitro groups is 1. The molecule has 0 N–H and O–H groups in total. The van der Waals surface area contributed by atoms with E-state index in [4.69, 9.17) is 0 Å². The summed E-state index contributed by atoms with van der Waals surface area (Å²) in [5, 5.41) is 15.2. The molecule has 0 saturated carbocycles. The molecule has 0 saturated heterocycles. The highest BCUT2D eigenvalue weighted by Crippen LogP contribution is 2.30. The summed E-state index contributed by atoms with van der Waals surface area (Å²) in [4.78, 5) is 11.8. The van der Waals surface area contributed by atoms with Crippen LogP contribution in [0.4, 0.5) is 15.9 Å². The molecule has 0 unspecified atom stereocenters. The van der Waals surface area contributed by atoms with Crippen LogP contribution in [0.5, 0.6) is 0 Å². The molecule has 0 fully saturated rings. The van der Waals surface area contributed by atoms with Crippen LogP contribution in [0.1, 0.15) is 0 Å². The maximum atomic E-state index is 13.8. The molecule has 90 valence electrons. The largest absolute Gasteiger partial charge is 0.361 e. The third-order valence-electron chi connectivity index (χ3n) is 2.49. The molecule has 0 aliphatic rings. The lowest BCUT2D eigenvalue weighted by atomic mass is 10.2. The molecule has 0 atom stereocenters. The zero-order chi connectivity index (χ0) is 12.7. The average Bonchev–Trinajstić information content (AvgIpc) is 2.56. The van der Waals surface area contributed by atoms with Crippen LogP contribution in [-0.4, -0.2) is 28.8 Å². The van der Waals surface area contributed by atoms with E-state index in [1.54, 1.807) is 26.0 Å². The van der Waals surface area contributed by atoms with Crippen molar-refractivity contribution < 1.29 is 9.31 Å². The Morgan fingerprint density at radius 2 is 2.12 bits per heavy atom. The molecule has 1 aromatic carbocycles. The zero-order valence-electron chi connectivity index (χ0n) is 9.64. The van der Waals surface area contributed by atoms with Gasteiger partial charge < -0.3 is 4.90 Å². The summed E-state index contributed by atoms with van der Waals surface area (Å²) in [7, 11) is 5.10. The van der Waals surface area contributed by atoms with Gasteiger partial charge in [-0.1, -0.05) is 0 Å². The van der Waals surface area contributed by atoms with Crippen molar-refractivity contribution in [2.75, 3.05) is 19.0 Å². The molecule has 0 aliphatic heterocycles. The van der Waals surface area contributed by atoms with Crippen LogP contribution in [0, 0.1) is 15.9 Å². The number of benzene rings is 1. The van der Waals surface area contributed by atoms with Crippen LogP contribution in [0.2, 0.25) is 0 Å². The van der Waals surface area contributed by atoms with Crippen LogP contribution in [0.15, 0.2) is 12.1 Å². The lowest BCUT2D eigenvalue weighted by molar-refractivity contribution is -0.384. The standard InChI is InChI=1S/C10H11FN4O2/c1-13(2)10-7-4-6(15(16)17)5-8(11)9(7)14(3)12-10/h4-5H,1-3H3. The first-order valence-corrected chi connectivity index (χ1v) is 4.89. The second-order valence-electron chi connectivity index (χ2n) is 3.92. The number of aryl methyl sites for hydroxylation is 1. The molecule has 0 radical (unpaired) electrons. The predicted octanol–water partition coefficient (Wildman–Crippen LogP) is 1.69. The minimum atomic E-state index is -0.641. The SMILES string of the molecule is CN(C)c1nn(C)c2c(F)cc([N+](=O)[O-])cc12. The first kappa shape index (κ1) is 11.3. The highest BCUT2D eigenvalue weighted by Gasteiger charge is 2.19. The molecule has 7 heteroatoms. The number of halogens is 1. The van der Waals surface area contributed by atoms with E-state index in [1.165, 1.54) is 10.7 Å². The minimum absolute atomic E-state index is 0.263. The average molecular weight is 238 g/mol. The van der Waals surface area contributed by atoms with E-state index in [-0.39, 0.29) is 11.2 Å². The summed E-state index contributed by atoms with van der Waals surface area (Å²) in [5.74, 6) is -0.137. The summed E-state index contributed by atoms with van der Waals surface area (Å²) in [6.07, 6.45) is 0. The fraction of sp³-hybridized carbons (Fsp3) is 0.300. The van der Waals surface area contributed by atoms with Crippen molar-refractivity contribution in [3.8, 4) is 0 Å². The minimum Gasteiger partial charge on any atom is -0.361 e. The van der Waals surface area contributed by atoms with E-state index in [0.717, 1.165) is 6.07 Å². The normalized spacial score (nSPS) is 10.8. The molecule has 0 bridgehead atoms. The van der Waals surface area contributed by atoms with Crippen molar-refractivity contribution in [1.29, 1.82) is 0 Å². The van der Waals surface area contributed by atoms with E-state index in [9.17, 15) is 14.5 Å². The van der Waals surface area contributed by atoms with Gasteiger partial charge in [0.05, 0.1) is 16.4 Å². The van der Waals surface area contributed by atoms with E-state index in [1.807, 2.05) is 0 Å². The van der Waals surface area contributed by atoms with Crippen molar-refractivity contribution in [1.82, 2.24) is 9.78 Å². The van der Waals surface area contributed by atoms with Crippen LogP contribution in [0.3, 0.4) is 0 Å². The Morgan fingerprint density at radius 1 is 1.47 bits per heavy atom. The summed E-state index contributed by atoms with van der Waals surface area (Å²) in [6.45, 7) is 0. The number of hydrogen-bond acceptors (Lipinski definition) is 4. The van der Waals surface area contributed by atoms with Gasteiger partial charge in [-0.3, -0.25) is 14.8 Å². The zero-order valence-corrected chi connectivity index (χ0v) is 9.64. The van der Waals surface area contributed by atoms with E-state index < -0.39 is 10.7 Å². The number of non-ortho nitro benzene ring substituents is 1. The van der Waals surface area contributed by atoms with E-state index >= 15 is 0 Å². The Balaban J connectivity index is 2.84. The molecule has 2 aromatic rings. The van der Waals surface area contributed by atoms with Crippen molar-refractivity contribution >= 4 is 22.4 Å². The fourth-order valence-electron chi connectivity index (χ4n) is 1.77. The van der Waals surface area contributed by atoms with E-state index in [0.29, 0.717) is 11.2 Å².